The number of aryl methyl sites for hydroxylation is 2. The molecule has 0 saturated heterocycles. The van der Waals surface area contributed by atoms with Crippen LogP contribution >= 0.6 is 0 Å². The standard InChI is InChI=1S/C17H20N2O4/c1-11-10-12(2)19(8-9-23-3)17(22)15(11)16(21)18-13-4-6-14(20)7-5-13/h4-7,10,20H,8-9H2,1-3H3,(H,18,21). The molecule has 0 aliphatic carbocycles. The third-order valence-corrected chi connectivity index (χ3v) is 3.58. The fourth-order valence-corrected chi connectivity index (χ4v) is 2.40. The summed E-state index contributed by atoms with van der Waals surface area (Å²) in [6.45, 7) is 4.34. The molecule has 0 fully saturated rings. The zero-order valence-electron chi connectivity index (χ0n) is 13.4. The number of rotatable bonds is 5. The number of carbonyl (C=O) groups excluding carboxylic acids is 1. The van der Waals surface area contributed by atoms with Gasteiger partial charge in [-0.05, 0) is 49.7 Å². The van der Waals surface area contributed by atoms with Crippen LogP contribution < -0.4 is 10.9 Å². The number of aromatic nitrogens is 1. The van der Waals surface area contributed by atoms with Crippen LogP contribution in [0.3, 0.4) is 0 Å². The Bertz CT molecular complexity index is 763. The number of hydrogen-bond donors (Lipinski definition) is 2. The monoisotopic (exact) mass is 316 g/mol. The van der Waals surface area contributed by atoms with Crippen LogP contribution in [-0.2, 0) is 11.3 Å². The van der Waals surface area contributed by atoms with E-state index in [1.165, 1.54) is 16.7 Å². The molecular formula is C17H20N2O4. The molecule has 23 heavy (non-hydrogen) atoms. The minimum absolute atomic E-state index is 0.108. The minimum Gasteiger partial charge on any atom is -0.508 e. The van der Waals surface area contributed by atoms with E-state index in [1.807, 2.05) is 13.0 Å². The Morgan fingerprint density at radius 2 is 1.91 bits per heavy atom. The van der Waals surface area contributed by atoms with Gasteiger partial charge in [-0.15, -0.1) is 0 Å². The van der Waals surface area contributed by atoms with Crippen LogP contribution in [-0.4, -0.2) is 29.3 Å². The average molecular weight is 316 g/mol. The number of benzene rings is 1. The van der Waals surface area contributed by atoms with E-state index in [0.29, 0.717) is 24.4 Å². The van der Waals surface area contributed by atoms with Crippen molar-refractivity contribution in [3.8, 4) is 5.75 Å². The summed E-state index contributed by atoms with van der Waals surface area (Å²) in [6.07, 6.45) is 0. The Hall–Kier alpha value is -2.60. The van der Waals surface area contributed by atoms with E-state index in [1.54, 1.807) is 26.2 Å². The topological polar surface area (TPSA) is 80.6 Å². The van der Waals surface area contributed by atoms with Gasteiger partial charge in [0.15, 0.2) is 0 Å². The summed E-state index contributed by atoms with van der Waals surface area (Å²) in [5.41, 5.74) is 1.69. The van der Waals surface area contributed by atoms with Crippen molar-refractivity contribution in [3.05, 3.63) is 57.5 Å². The van der Waals surface area contributed by atoms with Gasteiger partial charge in [-0.3, -0.25) is 9.59 Å². The van der Waals surface area contributed by atoms with Crippen molar-refractivity contribution < 1.29 is 14.6 Å². The lowest BCUT2D eigenvalue weighted by Crippen LogP contribution is -2.32. The normalized spacial score (nSPS) is 10.6. The number of anilines is 1. The average Bonchev–Trinajstić information content (AvgIpc) is 2.49. The number of aromatic hydroxyl groups is 1. The first-order valence-corrected chi connectivity index (χ1v) is 7.24. The van der Waals surface area contributed by atoms with Crippen LogP contribution in [0.1, 0.15) is 21.6 Å². The van der Waals surface area contributed by atoms with Gasteiger partial charge in [-0.1, -0.05) is 0 Å². The van der Waals surface area contributed by atoms with Crippen molar-refractivity contribution in [3.63, 3.8) is 0 Å². The predicted octanol–water partition coefficient (Wildman–Crippen LogP) is 2.07. The number of phenols is 1. The lowest BCUT2D eigenvalue weighted by atomic mass is 10.1. The molecule has 0 aliphatic heterocycles. The van der Waals surface area contributed by atoms with Crippen LogP contribution in [0.5, 0.6) is 5.75 Å². The molecule has 0 radical (unpaired) electrons. The Balaban J connectivity index is 2.35. The van der Waals surface area contributed by atoms with Crippen LogP contribution in [0, 0.1) is 13.8 Å². The molecule has 0 atom stereocenters. The van der Waals surface area contributed by atoms with Gasteiger partial charge in [0.05, 0.1) is 6.61 Å². The number of nitrogens with zero attached hydrogens (tertiary/aromatic N) is 1. The van der Waals surface area contributed by atoms with Crippen LogP contribution in [0.25, 0.3) is 0 Å². The fourth-order valence-electron chi connectivity index (χ4n) is 2.40. The van der Waals surface area contributed by atoms with Gasteiger partial charge in [0.25, 0.3) is 11.5 Å². The number of hydrogen-bond acceptors (Lipinski definition) is 4. The highest BCUT2D eigenvalue weighted by Crippen LogP contribution is 2.15. The van der Waals surface area contributed by atoms with Crippen molar-refractivity contribution in [2.24, 2.45) is 0 Å². The number of pyridine rings is 1. The van der Waals surface area contributed by atoms with Gasteiger partial charge >= 0.3 is 0 Å². The SMILES string of the molecule is COCCn1c(C)cc(C)c(C(=O)Nc2ccc(O)cc2)c1=O. The summed E-state index contributed by atoms with van der Waals surface area (Å²) in [5, 5.41) is 11.9. The first-order chi connectivity index (χ1) is 10.9. The molecule has 0 unspecified atom stereocenters. The van der Waals surface area contributed by atoms with Crippen molar-refractivity contribution >= 4 is 11.6 Å². The van der Waals surface area contributed by atoms with Crippen LogP contribution in [0.2, 0.25) is 0 Å². The summed E-state index contributed by atoms with van der Waals surface area (Å²) in [7, 11) is 1.56. The minimum atomic E-state index is -0.468. The van der Waals surface area contributed by atoms with Crippen LogP contribution in [0.15, 0.2) is 35.1 Å². The molecule has 2 aromatic rings. The highest BCUT2D eigenvalue weighted by molar-refractivity contribution is 6.05. The summed E-state index contributed by atoms with van der Waals surface area (Å²) in [4.78, 5) is 25.1. The fraction of sp³-hybridized carbons (Fsp3) is 0.294. The lowest BCUT2D eigenvalue weighted by Gasteiger charge is -2.14. The molecule has 1 aromatic heterocycles. The van der Waals surface area contributed by atoms with Gasteiger partial charge in [0, 0.05) is 25.0 Å². The second kappa shape index (κ2) is 7.11. The largest absolute Gasteiger partial charge is 0.508 e. The lowest BCUT2D eigenvalue weighted by molar-refractivity contribution is 0.102. The Labute approximate surface area is 134 Å². The number of phenolic OH excluding ortho intramolecular Hbond substituents is 1. The van der Waals surface area contributed by atoms with Gasteiger partial charge < -0.3 is 19.7 Å². The molecule has 0 aliphatic rings. The molecule has 0 bridgehead atoms. The molecule has 2 rings (SSSR count). The first-order valence-electron chi connectivity index (χ1n) is 7.24. The van der Waals surface area contributed by atoms with E-state index in [-0.39, 0.29) is 16.9 Å². The Morgan fingerprint density at radius 3 is 2.52 bits per heavy atom. The molecule has 6 nitrogen and oxygen atoms in total. The number of methoxy groups -OCH3 is 1. The molecule has 1 heterocycles. The number of nitrogens with one attached hydrogen (secondary N) is 1. The second-order valence-corrected chi connectivity index (χ2v) is 5.29. The number of amides is 1. The van der Waals surface area contributed by atoms with Crippen molar-refractivity contribution in [1.29, 1.82) is 0 Å². The smallest absolute Gasteiger partial charge is 0.263 e. The third kappa shape index (κ3) is 3.78. The molecule has 1 amide bonds. The summed E-state index contributed by atoms with van der Waals surface area (Å²) < 4.78 is 6.54. The van der Waals surface area contributed by atoms with E-state index in [4.69, 9.17) is 4.74 Å². The molecule has 6 heteroatoms. The van der Waals surface area contributed by atoms with Gasteiger partial charge in [0.1, 0.15) is 11.3 Å². The zero-order chi connectivity index (χ0) is 17.0. The van der Waals surface area contributed by atoms with E-state index >= 15 is 0 Å². The maximum Gasteiger partial charge on any atom is 0.263 e. The molecule has 0 saturated carbocycles. The summed E-state index contributed by atoms with van der Waals surface area (Å²) >= 11 is 0. The quantitative estimate of drug-likeness (QED) is 0.828. The first kappa shape index (κ1) is 16.8. The second-order valence-electron chi connectivity index (χ2n) is 5.29. The predicted molar refractivity (Wildman–Crippen MR) is 88.1 cm³/mol. The Kier molecular flexibility index (Phi) is 5.18. The maximum absolute atomic E-state index is 12.6. The van der Waals surface area contributed by atoms with Gasteiger partial charge in [-0.25, -0.2) is 0 Å². The maximum atomic E-state index is 12.6. The Morgan fingerprint density at radius 1 is 1.26 bits per heavy atom. The van der Waals surface area contributed by atoms with Crippen molar-refractivity contribution in [2.75, 3.05) is 19.0 Å². The van der Waals surface area contributed by atoms with Crippen LogP contribution in [0.4, 0.5) is 5.69 Å². The summed E-state index contributed by atoms with van der Waals surface area (Å²) in [6, 6.07) is 7.88. The van der Waals surface area contributed by atoms with E-state index in [9.17, 15) is 14.7 Å². The van der Waals surface area contributed by atoms with E-state index in [0.717, 1.165) is 5.69 Å². The summed E-state index contributed by atoms with van der Waals surface area (Å²) in [5.74, 6) is -0.360. The number of ether oxygens (including phenoxy) is 1. The van der Waals surface area contributed by atoms with E-state index < -0.39 is 5.91 Å². The zero-order valence-corrected chi connectivity index (χ0v) is 13.4. The molecule has 2 N–H and O–H groups in total. The molecule has 0 spiro atoms. The highest BCUT2D eigenvalue weighted by Gasteiger charge is 2.17. The molecule has 1 aromatic carbocycles. The van der Waals surface area contributed by atoms with E-state index in [2.05, 4.69) is 5.32 Å². The van der Waals surface area contributed by atoms with Gasteiger partial charge in [-0.2, -0.15) is 0 Å². The van der Waals surface area contributed by atoms with Gasteiger partial charge in [0.2, 0.25) is 0 Å². The molecule has 122 valence electrons. The molecular weight excluding hydrogens is 296 g/mol. The van der Waals surface area contributed by atoms with Crippen molar-refractivity contribution in [2.45, 2.75) is 20.4 Å². The van der Waals surface area contributed by atoms with Crippen molar-refractivity contribution in [1.82, 2.24) is 4.57 Å². The number of carbonyl (C=O) groups is 1. The highest BCUT2D eigenvalue weighted by atomic mass is 16.5. The third-order valence-electron chi connectivity index (χ3n) is 3.58.